The van der Waals surface area contributed by atoms with E-state index in [9.17, 15) is 32.0 Å². The van der Waals surface area contributed by atoms with E-state index in [4.69, 9.17) is 0 Å². The van der Waals surface area contributed by atoms with Crippen LogP contribution in [0.25, 0.3) is 11.0 Å². The predicted octanol–water partition coefficient (Wildman–Crippen LogP) is 4.40. The summed E-state index contributed by atoms with van der Waals surface area (Å²) < 4.78 is 65.7. The first-order valence-electron chi connectivity index (χ1n) is 11.1. The lowest BCUT2D eigenvalue weighted by atomic mass is 9.72. The quantitative estimate of drug-likeness (QED) is 0.390. The molecular weight excluding hydrogens is 499 g/mol. The molecule has 1 N–H and O–H groups in total. The van der Waals surface area contributed by atoms with Crippen molar-refractivity contribution in [3.63, 3.8) is 0 Å². The van der Waals surface area contributed by atoms with Crippen LogP contribution in [0.3, 0.4) is 0 Å². The van der Waals surface area contributed by atoms with Crippen LogP contribution >= 0.6 is 0 Å². The summed E-state index contributed by atoms with van der Waals surface area (Å²) in [6, 6.07) is 3.24. The number of hydrogen-bond donors (Lipinski definition) is 1. The molecule has 0 spiro atoms. The number of halogens is 5. The van der Waals surface area contributed by atoms with Gasteiger partial charge in [-0.1, -0.05) is 6.07 Å². The van der Waals surface area contributed by atoms with Gasteiger partial charge in [-0.15, -0.1) is 0 Å². The van der Waals surface area contributed by atoms with E-state index < -0.39 is 29.9 Å². The number of aromatic amines is 1. The number of H-pyrrole nitrogens is 1. The number of rotatable bonds is 5. The Morgan fingerprint density at radius 3 is 2.30 bits per heavy atom. The summed E-state index contributed by atoms with van der Waals surface area (Å²) in [7, 11) is 0. The molecule has 14 heteroatoms. The van der Waals surface area contributed by atoms with Crippen molar-refractivity contribution in [1.29, 1.82) is 5.26 Å². The molecule has 0 unspecified atom stereocenters. The van der Waals surface area contributed by atoms with E-state index in [1.54, 1.807) is 6.92 Å². The number of alkyl halides is 5. The van der Waals surface area contributed by atoms with Crippen LogP contribution in [-0.2, 0) is 6.18 Å². The Bertz CT molecular complexity index is 1550. The molecule has 5 rings (SSSR count). The Balaban J connectivity index is 1.53. The summed E-state index contributed by atoms with van der Waals surface area (Å²) >= 11 is 0. The maximum Gasteiger partial charge on any atom is 0.433 e. The minimum Gasteiger partial charge on any atom is -0.310 e. The minimum atomic E-state index is -4.60. The first-order chi connectivity index (χ1) is 17.6. The Morgan fingerprint density at radius 1 is 1.08 bits per heavy atom. The van der Waals surface area contributed by atoms with Gasteiger partial charge in [-0.05, 0) is 31.4 Å². The van der Waals surface area contributed by atoms with Crippen molar-refractivity contribution in [2.75, 3.05) is 0 Å². The van der Waals surface area contributed by atoms with Gasteiger partial charge < -0.3 is 4.98 Å². The SMILES string of the molecule is C[C@@H](c1ccc(C(F)(F)F)nc1)n1nc(C#N)c2c(=O)[nH]c([C@@H]3CC[C@@H]3c3ncc(C(F)F)cn3)nc21. The van der Waals surface area contributed by atoms with Gasteiger partial charge in [0.1, 0.15) is 28.8 Å². The summed E-state index contributed by atoms with van der Waals surface area (Å²) in [5.41, 5.74) is -1.68. The van der Waals surface area contributed by atoms with Gasteiger partial charge in [0.15, 0.2) is 11.3 Å². The number of nitriles is 1. The highest BCUT2D eigenvalue weighted by Gasteiger charge is 2.38. The fourth-order valence-corrected chi connectivity index (χ4v) is 4.34. The summed E-state index contributed by atoms with van der Waals surface area (Å²) in [6.45, 7) is 1.63. The van der Waals surface area contributed by atoms with Gasteiger partial charge in [-0.3, -0.25) is 9.78 Å². The highest BCUT2D eigenvalue weighted by atomic mass is 19.4. The molecule has 190 valence electrons. The average Bonchev–Trinajstić information content (AvgIpc) is 3.22. The summed E-state index contributed by atoms with van der Waals surface area (Å²) in [5.74, 6) is 0.0552. The zero-order chi connectivity index (χ0) is 26.5. The number of hydrogen-bond acceptors (Lipinski definition) is 7. The number of nitrogens with zero attached hydrogens (tertiary/aromatic N) is 7. The van der Waals surface area contributed by atoms with Crippen LogP contribution in [-0.4, -0.2) is 34.7 Å². The molecule has 0 amide bonds. The molecule has 9 nitrogen and oxygen atoms in total. The minimum absolute atomic E-state index is 0.0496. The molecule has 0 bridgehead atoms. The summed E-state index contributed by atoms with van der Waals surface area (Å²) in [4.78, 5) is 31.8. The normalized spacial score (nSPS) is 18.5. The molecule has 0 radical (unpaired) electrons. The van der Waals surface area contributed by atoms with Crippen LogP contribution in [0.1, 0.15) is 78.2 Å². The predicted molar refractivity (Wildman–Crippen MR) is 118 cm³/mol. The van der Waals surface area contributed by atoms with E-state index in [2.05, 4.69) is 30.0 Å². The van der Waals surface area contributed by atoms with Gasteiger partial charge >= 0.3 is 6.18 Å². The topological polar surface area (TPSA) is 126 Å². The first-order valence-corrected chi connectivity index (χ1v) is 11.1. The molecule has 0 aliphatic heterocycles. The van der Waals surface area contributed by atoms with Crippen molar-refractivity contribution in [1.82, 2.24) is 34.7 Å². The number of fused-ring (bicyclic) bond motifs is 1. The zero-order valence-corrected chi connectivity index (χ0v) is 19.0. The van der Waals surface area contributed by atoms with E-state index in [1.807, 2.05) is 6.07 Å². The van der Waals surface area contributed by atoms with Crippen LogP contribution in [0.5, 0.6) is 0 Å². The van der Waals surface area contributed by atoms with Gasteiger partial charge in [-0.25, -0.2) is 28.4 Å². The van der Waals surface area contributed by atoms with Crippen molar-refractivity contribution in [2.24, 2.45) is 0 Å². The second-order valence-electron chi connectivity index (χ2n) is 8.67. The van der Waals surface area contributed by atoms with Crippen molar-refractivity contribution < 1.29 is 22.0 Å². The number of pyridine rings is 1. The standard InChI is InChI=1S/C23H17F5N8O/c1-10(11-2-5-16(30-7-11)23(26,27)28)36-21-17(15(6-29)35-36)22(37)34-20(33-21)14-4-3-13(14)19-31-8-12(9-32-19)18(24)25/h2,5,7-10,13-14,18H,3-4H2,1H3,(H,33,34,37)/t10-,13-,14+/m0/s1. The Hall–Kier alpha value is -4.28. The fraction of sp³-hybridized carbons (Fsp3) is 0.348. The molecule has 4 heterocycles. The highest BCUT2D eigenvalue weighted by Crippen LogP contribution is 2.46. The molecule has 4 aromatic rings. The van der Waals surface area contributed by atoms with Gasteiger partial charge in [-0.2, -0.15) is 23.5 Å². The van der Waals surface area contributed by atoms with Gasteiger partial charge in [0, 0.05) is 30.4 Å². The Kier molecular flexibility index (Phi) is 5.93. The lowest BCUT2D eigenvalue weighted by molar-refractivity contribution is -0.141. The van der Waals surface area contributed by atoms with Gasteiger partial charge in [0.25, 0.3) is 12.0 Å². The van der Waals surface area contributed by atoms with E-state index in [0.29, 0.717) is 30.1 Å². The van der Waals surface area contributed by atoms with Crippen LogP contribution < -0.4 is 5.56 Å². The second kappa shape index (κ2) is 8.99. The second-order valence-corrected chi connectivity index (χ2v) is 8.67. The molecule has 3 atom stereocenters. The van der Waals surface area contributed by atoms with Gasteiger partial charge in [0.2, 0.25) is 0 Å². The third kappa shape index (κ3) is 4.30. The van der Waals surface area contributed by atoms with E-state index >= 15 is 0 Å². The monoisotopic (exact) mass is 516 g/mol. The van der Waals surface area contributed by atoms with Crippen molar-refractivity contribution >= 4 is 11.0 Å². The maximum atomic E-state index is 13.0. The third-order valence-corrected chi connectivity index (χ3v) is 6.51. The molecule has 37 heavy (non-hydrogen) atoms. The van der Waals surface area contributed by atoms with E-state index in [-0.39, 0.29) is 34.1 Å². The van der Waals surface area contributed by atoms with Crippen LogP contribution in [0, 0.1) is 11.3 Å². The zero-order valence-electron chi connectivity index (χ0n) is 19.0. The molecule has 4 aromatic heterocycles. The van der Waals surface area contributed by atoms with Crippen molar-refractivity contribution in [2.45, 2.75) is 50.2 Å². The number of aromatic nitrogens is 7. The summed E-state index contributed by atoms with van der Waals surface area (Å²) in [5, 5.41) is 13.7. The Morgan fingerprint density at radius 2 is 1.76 bits per heavy atom. The summed E-state index contributed by atoms with van der Waals surface area (Å²) in [6.07, 6.45) is -2.83. The molecule has 1 aliphatic carbocycles. The van der Waals surface area contributed by atoms with E-state index in [1.165, 1.54) is 10.7 Å². The van der Waals surface area contributed by atoms with Crippen LogP contribution in [0.15, 0.2) is 35.5 Å². The lowest BCUT2D eigenvalue weighted by Crippen LogP contribution is -2.28. The van der Waals surface area contributed by atoms with Crippen LogP contribution in [0.2, 0.25) is 0 Å². The molecule has 1 saturated carbocycles. The van der Waals surface area contributed by atoms with E-state index in [0.717, 1.165) is 24.7 Å². The largest absolute Gasteiger partial charge is 0.433 e. The molecule has 1 aliphatic rings. The highest BCUT2D eigenvalue weighted by molar-refractivity contribution is 5.80. The fourth-order valence-electron chi connectivity index (χ4n) is 4.34. The molecule has 0 aromatic carbocycles. The average molecular weight is 516 g/mol. The molecule has 1 fully saturated rings. The van der Waals surface area contributed by atoms with Gasteiger partial charge in [0.05, 0.1) is 11.6 Å². The van der Waals surface area contributed by atoms with Crippen molar-refractivity contribution in [3.05, 3.63) is 75.2 Å². The maximum absolute atomic E-state index is 13.0. The number of nitrogens with one attached hydrogen (secondary N) is 1. The van der Waals surface area contributed by atoms with Crippen LogP contribution in [0.4, 0.5) is 22.0 Å². The third-order valence-electron chi connectivity index (χ3n) is 6.51. The lowest BCUT2D eigenvalue weighted by Gasteiger charge is -2.34. The molecular formula is C23H17F5N8O. The first kappa shape index (κ1) is 24.4. The smallest absolute Gasteiger partial charge is 0.310 e. The molecule has 0 saturated heterocycles. The van der Waals surface area contributed by atoms with Crippen molar-refractivity contribution in [3.8, 4) is 6.07 Å². The Labute approximate surface area is 205 Å².